The minimum Gasteiger partial charge on any atom is -0.493 e. The van der Waals surface area contributed by atoms with Crippen LogP contribution in [-0.2, 0) is 20.8 Å². The van der Waals surface area contributed by atoms with Gasteiger partial charge in [-0.15, -0.1) is 0 Å². The summed E-state index contributed by atoms with van der Waals surface area (Å²) in [6, 6.07) is 4.22. The Kier molecular flexibility index (Phi) is 6.95. The van der Waals surface area contributed by atoms with Crippen LogP contribution in [0.25, 0.3) is 10.9 Å². The average molecular weight is 445 g/mol. The molecule has 2 fully saturated rings. The molecule has 0 spiro atoms. The van der Waals surface area contributed by atoms with Crippen molar-refractivity contribution >= 4 is 22.7 Å². The van der Waals surface area contributed by atoms with Crippen LogP contribution >= 0.6 is 0 Å². The summed E-state index contributed by atoms with van der Waals surface area (Å²) in [4.78, 5) is 26.3. The van der Waals surface area contributed by atoms with Crippen molar-refractivity contribution in [1.82, 2.24) is 14.9 Å². The molecular formula is C23H32N4O5. The van der Waals surface area contributed by atoms with E-state index < -0.39 is 0 Å². The van der Waals surface area contributed by atoms with E-state index in [-0.39, 0.29) is 11.9 Å². The summed E-state index contributed by atoms with van der Waals surface area (Å²) >= 11 is 0. The minimum atomic E-state index is -0.135. The Morgan fingerprint density at radius 1 is 1.12 bits per heavy atom. The lowest BCUT2D eigenvalue weighted by molar-refractivity contribution is -0.146. The first-order valence-corrected chi connectivity index (χ1v) is 11.1. The second kappa shape index (κ2) is 9.87. The molecule has 0 aliphatic carbocycles. The summed E-state index contributed by atoms with van der Waals surface area (Å²) in [7, 11) is 6.78. The smallest absolute Gasteiger partial charge is 0.308 e. The van der Waals surface area contributed by atoms with Crippen LogP contribution in [0, 0.1) is 5.92 Å². The molecule has 9 nitrogen and oxygen atoms in total. The fraction of sp³-hybridized carbons (Fsp3) is 0.609. The normalized spacial score (nSPS) is 19.5. The lowest BCUT2D eigenvalue weighted by Gasteiger charge is -2.32. The minimum absolute atomic E-state index is 0.0630. The third kappa shape index (κ3) is 4.59. The number of esters is 1. The maximum atomic E-state index is 12.0. The third-order valence-corrected chi connectivity index (χ3v) is 6.48. The van der Waals surface area contributed by atoms with Gasteiger partial charge in [0.1, 0.15) is 11.6 Å². The van der Waals surface area contributed by atoms with Crippen molar-refractivity contribution in [2.45, 2.75) is 31.8 Å². The molecule has 0 saturated carbocycles. The molecule has 9 heteroatoms. The lowest BCUT2D eigenvalue weighted by Crippen LogP contribution is -2.37. The topological polar surface area (TPSA) is 86.3 Å². The highest BCUT2D eigenvalue weighted by molar-refractivity contribution is 5.92. The van der Waals surface area contributed by atoms with E-state index in [4.69, 9.17) is 28.9 Å². The standard InChI is InChI=1S/C23H32N4O5/c1-26(16-7-10-32-14-16)13-21-24-18-12-20(30-3)19(29-2)11-17(18)22(25-21)27-8-5-15(6-9-27)23(28)31-4/h11-12,15-16H,5-10,13-14H2,1-4H3. The van der Waals surface area contributed by atoms with Crippen LogP contribution in [0.15, 0.2) is 12.1 Å². The van der Waals surface area contributed by atoms with Gasteiger partial charge < -0.3 is 23.8 Å². The first kappa shape index (κ1) is 22.5. The van der Waals surface area contributed by atoms with Crippen LogP contribution in [0.4, 0.5) is 5.82 Å². The van der Waals surface area contributed by atoms with Gasteiger partial charge in [-0.3, -0.25) is 9.69 Å². The fourth-order valence-corrected chi connectivity index (χ4v) is 4.51. The molecule has 0 N–H and O–H groups in total. The zero-order valence-electron chi connectivity index (χ0n) is 19.3. The number of aromatic nitrogens is 2. The van der Waals surface area contributed by atoms with E-state index in [9.17, 15) is 4.79 Å². The number of carbonyl (C=O) groups excluding carboxylic acids is 1. The Labute approximate surface area is 188 Å². The first-order valence-electron chi connectivity index (χ1n) is 11.1. The van der Waals surface area contributed by atoms with E-state index in [1.165, 1.54) is 7.11 Å². The van der Waals surface area contributed by atoms with E-state index in [0.29, 0.717) is 24.1 Å². The largest absolute Gasteiger partial charge is 0.493 e. The van der Waals surface area contributed by atoms with Gasteiger partial charge in [0.05, 0.1) is 45.9 Å². The number of rotatable bonds is 7. The number of likely N-dealkylation sites (N-methyl/N-ethyl adjacent to an activating group) is 1. The molecule has 3 heterocycles. The SMILES string of the molecule is COC(=O)C1CCN(c2nc(CN(C)C3CCOC3)nc3cc(OC)c(OC)cc23)CC1. The van der Waals surface area contributed by atoms with Crippen molar-refractivity contribution < 1.29 is 23.7 Å². The number of ether oxygens (including phenoxy) is 4. The predicted molar refractivity (Wildman–Crippen MR) is 120 cm³/mol. The van der Waals surface area contributed by atoms with Crippen molar-refractivity contribution in [3.8, 4) is 11.5 Å². The van der Waals surface area contributed by atoms with Crippen molar-refractivity contribution in [3.63, 3.8) is 0 Å². The lowest BCUT2D eigenvalue weighted by atomic mass is 9.97. The summed E-state index contributed by atoms with van der Waals surface area (Å²) in [6.45, 7) is 3.62. The van der Waals surface area contributed by atoms with E-state index in [1.54, 1.807) is 14.2 Å². The molecule has 174 valence electrons. The zero-order chi connectivity index (χ0) is 22.7. The maximum Gasteiger partial charge on any atom is 0.308 e. The quantitative estimate of drug-likeness (QED) is 0.597. The zero-order valence-corrected chi connectivity index (χ0v) is 19.3. The molecule has 1 aromatic carbocycles. The highest BCUT2D eigenvalue weighted by atomic mass is 16.5. The Morgan fingerprint density at radius 2 is 1.84 bits per heavy atom. The van der Waals surface area contributed by atoms with E-state index in [1.807, 2.05) is 12.1 Å². The van der Waals surface area contributed by atoms with Crippen molar-refractivity contribution in [2.24, 2.45) is 5.92 Å². The highest BCUT2D eigenvalue weighted by Crippen LogP contribution is 2.36. The number of hydrogen-bond acceptors (Lipinski definition) is 9. The third-order valence-electron chi connectivity index (χ3n) is 6.48. The molecule has 0 bridgehead atoms. The Hall–Kier alpha value is -2.65. The fourth-order valence-electron chi connectivity index (χ4n) is 4.51. The van der Waals surface area contributed by atoms with Gasteiger partial charge in [0, 0.05) is 37.2 Å². The first-order chi connectivity index (χ1) is 15.5. The Morgan fingerprint density at radius 3 is 2.47 bits per heavy atom. The number of fused-ring (bicyclic) bond motifs is 1. The van der Waals surface area contributed by atoms with Crippen molar-refractivity contribution in [2.75, 3.05) is 59.6 Å². The van der Waals surface area contributed by atoms with E-state index >= 15 is 0 Å². The number of nitrogens with zero attached hydrogens (tertiary/aromatic N) is 4. The molecule has 2 aliphatic heterocycles. The van der Waals surface area contributed by atoms with Gasteiger partial charge in [-0.25, -0.2) is 9.97 Å². The monoisotopic (exact) mass is 444 g/mol. The van der Waals surface area contributed by atoms with Gasteiger partial charge in [-0.05, 0) is 32.4 Å². The van der Waals surface area contributed by atoms with Crippen LogP contribution in [0.3, 0.4) is 0 Å². The second-order valence-electron chi connectivity index (χ2n) is 8.40. The molecule has 2 saturated heterocycles. The predicted octanol–water partition coefficient (Wildman–Crippen LogP) is 2.26. The maximum absolute atomic E-state index is 12.0. The summed E-state index contributed by atoms with van der Waals surface area (Å²) in [5, 5.41) is 0.912. The van der Waals surface area contributed by atoms with Crippen molar-refractivity contribution in [3.05, 3.63) is 18.0 Å². The van der Waals surface area contributed by atoms with Crippen LogP contribution < -0.4 is 14.4 Å². The number of benzene rings is 1. The summed E-state index contributed by atoms with van der Waals surface area (Å²) in [6.07, 6.45) is 2.49. The number of piperidine rings is 1. The highest BCUT2D eigenvalue weighted by Gasteiger charge is 2.28. The molecule has 1 unspecified atom stereocenters. The summed E-state index contributed by atoms with van der Waals surface area (Å²) < 4.78 is 21.5. The molecule has 2 aromatic rings. The molecular weight excluding hydrogens is 412 g/mol. The summed E-state index contributed by atoms with van der Waals surface area (Å²) in [5.74, 6) is 2.70. The molecule has 0 radical (unpaired) electrons. The molecule has 0 amide bonds. The van der Waals surface area contributed by atoms with Gasteiger partial charge in [-0.1, -0.05) is 0 Å². The van der Waals surface area contributed by atoms with Gasteiger partial charge in [0.15, 0.2) is 11.5 Å². The summed E-state index contributed by atoms with van der Waals surface area (Å²) in [5.41, 5.74) is 0.814. The van der Waals surface area contributed by atoms with E-state index in [0.717, 1.165) is 68.1 Å². The van der Waals surface area contributed by atoms with Crippen molar-refractivity contribution in [1.29, 1.82) is 0 Å². The second-order valence-corrected chi connectivity index (χ2v) is 8.40. The van der Waals surface area contributed by atoms with Crippen LogP contribution in [0.5, 0.6) is 11.5 Å². The number of methoxy groups -OCH3 is 3. The van der Waals surface area contributed by atoms with Crippen LogP contribution in [0.1, 0.15) is 25.1 Å². The van der Waals surface area contributed by atoms with Gasteiger partial charge in [0.2, 0.25) is 0 Å². The van der Waals surface area contributed by atoms with Crippen LogP contribution in [-0.4, -0.2) is 81.6 Å². The average Bonchev–Trinajstić information content (AvgIpc) is 3.37. The molecule has 2 aliphatic rings. The van der Waals surface area contributed by atoms with E-state index in [2.05, 4.69) is 16.8 Å². The van der Waals surface area contributed by atoms with Gasteiger partial charge >= 0.3 is 5.97 Å². The molecule has 4 rings (SSSR count). The molecule has 32 heavy (non-hydrogen) atoms. The number of hydrogen-bond donors (Lipinski definition) is 0. The molecule has 1 atom stereocenters. The van der Waals surface area contributed by atoms with Gasteiger partial charge in [-0.2, -0.15) is 0 Å². The number of anilines is 1. The Bertz CT molecular complexity index is 955. The molecule has 1 aromatic heterocycles. The van der Waals surface area contributed by atoms with Crippen LogP contribution in [0.2, 0.25) is 0 Å². The Balaban J connectivity index is 1.68. The number of carbonyl (C=O) groups is 1. The van der Waals surface area contributed by atoms with Gasteiger partial charge in [0.25, 0.3) is 0 Å².